The van der Waals surface area contributed by atoms with Gasteiger partial charge in [0.1, 0.15) is 0 Å². The fourth-order valence-electron chi connectivity index (χ4n) is 4.81. The Morgan fingerprint density at radius 3 is 2.52 bits per heavy atom. The number of benzene rings is 3. The molecule has 0 spiro atoms. The molecule has 2 N–H and O–H groups in total. The summed E-state index contributed by atoms with van der Waals surface area (Å²) in [4.78, 5) is 19.7. The minimum atomic E-state index is -0.194. The van der Waals surface area contributed by atoms with Crippen LogP contribution < -0.4 is 10.6 Å². The lowest BCUT2D eigenvalue weighted by atomic mass is 10.0. The number of aromatic nitrogens is 2. The van der Waals surface area contributed by atoms with Gasteiger partial charge in [-0.15, -0.1) is 0 Å². The third-order valence-corrected chi connectivity index (χ3v) is 8.66. The average Bonchev–Trinajstić information content (AvgIpc) is 3.42. The van der Waals surface area contributed by atoms with Crippen LogP contribution in [-0.4, -0.2) is 38.1 Å². The molecule has 0 fully saturated rings. The molecule has 1 heterocycles. The number of carbonyl (C=O) groups excluding carboxylic acids is 1. The van der Waals surface area contributed by atoms with Gasteiger partial charge in [0.05, 0.1) is 34.4 Å². The molecular formula is C33H33BrCl2N6OS. The summed E-state index contributed by atoms with van der Waals surface area (Å²) in [5, 5.41) is 17.1. The van der Waals surface area contributed by atoms with E-state index in [9.17, 15) is 4.79 Å². The molecule has 0 aliphatic rings. The number of nitrogens with one attached hydrogen (secondary N) is 2. The van der Waals surface area contributed by atoms with E-state index in [2.05, 4.69) is 51.5 Å². The summed E-state index contributed by atoms with van der Waals surface area (Å²) >= 11 is 22.3. The fraction of sp³-hybridized carbons (Fsp3) is 0.273. The first-order valence-electron chi connectivity index (χ1n) is 14.1. The van der Waals surface area contributed by atoms with Crippen molar-refractivity contribution in [2.24, 2.45) is 5.92 Å². The molecule has 1 amide bonds. The zero-order valence-electron chi connectivity index (χ0n) is 24.4. The van der Waals surface area contributed by atoms with Crippen LogP contribution in [0.2, 0.25) is 10.0 Å². The van der Waals surface area contributed by atoms with Crippen LogP contribution >= 0.6 is 51.3 Å². The van der Waals surface area contributed by atoms with Crippen molar-refractivity contribution in [1.29, 1.82) is 5.26 Å². The second kappa shape index (κ2) is 16.1. The maximum atomic E-state index is 13.4. The third kappa shape index (κ3) is 9.80. The smallest absolute Gasteiger partial charge is 0.226 e. The molecule has 4 rings (SSSR count). The van der Waals surface area contributed by atoms with E-state index in [0.29, 0.717) is 46.3 Å². The number of rotatable bonds is 12. The number of nitriles is 1. The van der Waals surface area contributed by atoms with E-state index < -0.39 is 0 Å². The number of hydrogen-bond donors (Lipinski definition) is 2. The first-order valence-corrected chi connectivity index (χ1v) is 16.1. The molecule has 3 aromatic carbocycles. The van der Waals surface area contributed by atoms with Crippen molar-refractivity contribution in [3.8, 4) is 6.07 Å². The number of amides is 1. The highest BCUT2D eigenvalue weighted by atomic mass is 79.9. The number of hydrogen-bond acceptors (Lipinski definition) is 4. The monoisotopic (exact) mass is 710 g/mol. The highest BCUT2D eigenvalue weighted by Crippen LogP contribution is 2.27. The normalized spacial score (nSPS) is 11.6. The van der Waals surface area contributed by atoms with E-state index in [1.165, 1.54) is 0 Å². The van der Waals surface area contributed by atoms with Crippen LogP contribution in [0.25, 0.3) is 0 Å². The van der Waals surface area contributed by atoms with Crippen LogP contribution in [0.4, 0.5) is 5.69 Å². The lowest BCUT2D eigenvalue weighted by Gasteiger charge is -2.32. The number of thiocarbonyl (C=S) groups is 1. The first kappa shape index (κ1) is 33.5. The van der Waals surface area contributed by atoms with Gasteiger partial charge in [-0.3, -0.25) is 4.79 Å². The van der Waals surface area contributed by atoms with Crippen LogP contribution in [0.3, 0.4) is 0 Å². The lowest BCUT2D eigenvalue weighted by molar-refractivity contribution is -0.121. The largest absolute Gasteiger partial charge is 0.351 e. The van der Waals surface area contributed by atoms with Gasteiger partial charge in [-0.1, -0.05) is 77.2 Å². The summed E-state index contributed by atoms with van der Waals surface area (Å²) in [6.45, 7) is 5.67. The standard InChI is InChI=1S/C33H33BrCl2N6OS/c1-22(2)14-28(39-31(43)15-29-17-38-21-42(29)18-24-8-6-23(16-37)7-9-24)20-41(19-25-4-3-5-30(35)32(25)36)33(44)40-27-12-10-26(34)11-13-27/h3-13,17,21-22,28H,14-15,18-20H2,1-2H3,(H,39,43)(H,40,44)/t28-/m0/s1. The molecule has 44 heavy (non-hydrogen) atoms. The maximum Gasteiger partial charge on any atom is 0.226 e. The molecule has 0 aliphatic carbocycles. The van der Waals surface area contributed by atoms with Crippen molar-refractivity contribution in [3.63, 3.8) is 0 Å². The summed E-state index contributed by atoms with van der Waals surface area (Å²) in [6, 6.07) is 22.6. The summed E-state index contributed by atoms with van der Waals surface area (Å²) < 4.78 is 2.91. The van der Waals surface area contributed by atoms with Crippen molar-refractivity contribution < 1.29 is 4.79 Å². The fourth-order valence-corrected chi connectivity index (χ4v) is 5.71. The number of halogens is 3. The Kier molecular flexibility index (Phi) is 12.2. The van der Waals surface area contributed by atoms with Gasteiger partial charge in [0.2, 0.25) is 5.91 Å². The van der Waals surface area contributed by atoms with Gasteiger partial charge in [0.15, 0.2) is 5.11 Å². The van der Waals surface area contributed by atoms with E-state index in [-0.39, 0.29) is 18.4 Å². The predicted octanol–water partition coefficient (Wildman–Crippen LogP) is 7.84. The quantitative estimate of drug-likeness (QED) is 0.146. The molecule has 228 valence electrons. The number of carbonyl (C=O) groups is 1. The highest BCUT2D eigenvalue weighted by Gasteiger charge is 2.22. The zero-order valence-corrected chi connectivity index (χ0v) is 28.3. The van der Waals surface area contributed by atoms with E-state index in [4.69, 9.17) is 40.7 Å². The molecule has 0 saturated heterocycles. The Hall–Kier alpha value is -3.42. The van der Waals surface area contributed by atoms with Gasteiger partial charge in [0.25, 0.3) is 0 Å². The molecule has 1 aromatic heterocycles. The molecular weight excluding hydrogens is 679 g/mol. The Bertz CT molecular complexity index is 1620. The van der Waals surface area contributed by atoms with Crippen LogP contribution in [-0.2, 0) is 24.3 Å². The van der Waals surface area contributed by atoms with Crippen LogP contribution in [0, 0.1) is 17.2 Å². The Balaban J connectivity index is 1.50. The second-order valence-corrected chi connectivity index (χ2v) is 13.0. The minimum Gasteiger partial charge on any atom is -0.351 e. The van der Waals surface area contributed by atoms with Crippen LogP contribution in [0.5, 0.6) is 0 Å². The number of imidazole rings is 1. The third-order valence-electron chi connectivity index (χ3n) is 6.91. The van der Waals surface area contributed by atoms with Gasteiger partial charge in [0, 0.05) is 47.7 Å². The van der Waals surface area contributed by atoms with Gasteiger partial charge in [-0.05, 0) is 78.1 Å². The van der Waals surface area contributed by atoms with Crippen LogP contribution in [0.1, 0.15) is 42.7 Å². The average molecular weight is 713 g/mol. The van der Waals surface area contributed by atoms with Gasteiger partial charge < -0.3 is 20.1 Å². The molecule has 0 bridgehead atoms. The van der Waals surface area contributed by atoms with E-state index in [0.717, 1.165) is 33.4 Å². The summed E-state index contributed by atoms with van der Waals surface area (Å²) in [5.41, 5.74) is 4.10. The van der Waals surface area contributed by atoms with E-state index in [1.54, 1.807) is 30.7 Å². The highest BCUT2D eigenvalue weighted by molar-refractivity contribution is 9.10. The summed E-state index contributed by atoms with van der Waals surface area (Å²) in [7, 11) is 0. The molecule has 4 aromatic rings. The minimum absolute atomic E-state index is 0.107. The van der Waals surface area contributed by atoms with Crippen LogP contribution in [0.15, 0.2) is 83.7 Å². The Morgan fingerprint density at radius 2 is 1.84 bits per heavy atom. The van der Waals surface area contributed by atoms with Gasteiger partial charge in [-0.2, -0.15) is 5.26 Å². The van der Waals surface area contributed by atoms with E-state index in [1.807, 2.05) is 58.0 Å². The molecule has 1 atom stereocenters. The first-order chi connectivity index (χ1) is 21.1. The van der Waals surface area contributed by atoms with Crippen molar-refractivity contribution >= 4 is 68.1 Å². The molecule has 0 saturated carbocycles. The molecule has 0 unspecified atom stereocenters. The second-order valence-electron chi connectivity index (χ2n) is 10.9. The van der Waals surface area contributed by atoms with Crippen molar-refractivity contribution in [1.82, 2.24) is 19.8 Å². The van der Waals surface area contributed by atoms with Crippen molar-refractivity contribution in [2.75, 3.05) is 11.9 Å². The van der Waals surface area contributed by atoms with Crippen molar-refractivity contribution in [2.45, 2.75) is 45.8 Å². The van der Waals surface area contributed by atoms with Gasteiger partial charge in [-0.25, -0.2) is 4.98 Å². The maximum absolute atomic E-state index is 13.4. The number of anilines is 1. The summed E-state index contributed by atoms with van der Waals surface area (Å²) in [5.74, 6) is 0.219. The molecule has 0 aliphatic heterocycles. The molecule has 0 radical (unpaired) electrons. The summed E-state index contributed by atoms with van der Waals surface area (Å²) in [6.07, 6.45) is 4.35. The molecule has 11 heteroatoms. The topological polar surface area (TPSA) is 86.0 Å². The predicted molar refractivity (Wildman–Crippen MR) is 185 cm³/mol. The zero-order chi connectivity index (χ0) is 31.6. The lowest BCUT2D eigenvalue weighted by Crippen LogP contribution is -2.47. The van der Waals surface area contributed by atoms with E-state index >= 15 is 0 Å². The molecule has 7 nitrogen and oxygen atoms in total. The Labute approximate surface area is 282 Å². The number of nitrogens with zero attached hydrogens (tertiary/aromatic N) is 4. The SMILES string of the molecule is CC(C)C[C@@H](CN(Cc1cccc(Cl)c1Cl)C(=S)Nc1ccc(Br)cc1)NC(=O)Cc1cncn1Cc1ccc(C#N)cc1. The van der Waals surface area contributed by atoms with Gasteiger partial charge >= 0.3 is 0 Å². The van der Waals surface area contributed by atoms with Crippen molar-refractivity contribution in [3.05, 3.63) is 116 Å². The Morgan fingerprint density at radius 1 is 1.11 bits per heavy atom.